The molecule has 0 aromatic carbocycles. The number of hydrogen-bond donors (Lipinski definition) is 1. The maximum absolute atomic E-state index is 11.7. The largest absolute Gasteiger partial charge is 1.00 e. The van der Waals surface area contributed by atoms with Gasteiger partial charge in [0.15, 0.2) is 13.3 Å². The van der Waals surface area contributed by atoms with Crippen molar-refractivity contribution in [3.63, 3.8) is 0 Å². The summed E-state index contributed by atoms with van der Waals surface area (Å²) in [5, 5.41) is 0.215. The van der Waals surface area contributed by atoms with E-state index >= 15 is 0 Å². The smallest absolute Gasteiger partial charge is 1.00 e. The number of rotatable bonds is 4. The van der Waals surface area contributed by atoms with Gasteiger partial charge < -0.3 is 1.43 Å². The Labute approximate surface area is 88.3 Å². The molecule has 0 bridgehead atoms. The van der Waals surface area contributed by atoms with Crippen molar-refractivity contribution in [2.24, 2.45) is 0 Å². The van der Waals surface area contributed by atoms with Gasteiger partial charge in [0.05, 0.1) is 0 Å². The van der Waals surface area contributed by atoms with Gasteiger partial charge >= 0.3 is 41.7 Å². The molecule has 8 heteroatoms. The standard InChI is InChI=1S/C4H5F6N.Na.H/c5-1-3(7,8)11-4(9,10)2-6;;/h11H,1-2H2;;/q;+1;-1. The number of alkyl halides is 6. The van der Waals surface area contributed by atoms with Gasteiger partial charge in [0.25, 0.3) is 0 Å². The van der Waals surface area contributed by atoms with E-state index in [9.17, 15) is 26.3 Å². The molecule has 12 heavy (non-hydrogen) atoms. The summed E-state index contributed by atoms with van der Waals surface area (Å²) in [6, 6.07) is -8.76. The third-order valence-electron chi connectivity index (χ3n) is 0.701. The van der Waals surface area contributed by atoms with Crippen LogP contribution in [0.15, 0.2) is 0 Å². The zero-order chi connectivity index (χ0) is 9.12. The van der Waals surface area contributed by atoms with Crippen molar-refractivity contribution in [1.82, 2.24) is 5.32 Å². The monoisotopic (exact) mass is 205 g/mol. The minimum atomic E-state index is -4.38. The molecule has 0 aliphatic rings. The van der Waals surface area contributed by atoms with E-state index in [0.29, 0.717) is 0 Å². The molecule has 0 fully saturated rings. The van der Waals surface area contributed by atoms with Crippen LogP contribution in [0.4, 0.5) is 26.3 Å². The SMILES string of the molecule is FCC(F)(F)NC(F)(F)CF.[H-].[Na+]. The Hall–Kier alpha value is 0.540. The summed E-state index contributed by atoms with van der Waals surface area (Å²) in [5.74, 6) is 0. The van der Waals surface area contributed by atoms with Crippen LogP contribution in [-0.4, -0.2) is 25.4 Å². The first-order chi connectivity index (χ1) is 4.83. The summed E-state index contributed by atoms with van der Waals surface area (Å²) in [6.07, 6.45) is 0. The molecule has 0 saturated heterocycles. The first-order valence-corrected chi connectivity index (χ1v) is 2.50. The molecule has 0 aromatic rings. The molecule has 0 aromatic heterocycles. The average Bonchev–Trinajstić information content (AvgIpc) is 1.86. The molecular formula is C4H6F6NNa. The summed E-state index contributed by atoms with van der Waals surface area (Å²) >= 11 is 0. The second kappa shape index (κ2) is 5.31. The fourth-order valence-electron chi connectivity index (χ4n) is 0.334. The van der Waals surface area contributed by atoms with Crippen LogP contribution in [0.1, 0.15) is 1.43 Å². The molecule has 0 saturated carbocycles. The zero-order valence-electron chi connectivity index (χ0n) is 7.18. The molecule has 0 radical (unpaired) electrons. The van der Waals surface area contributed by atoms with Gasteiger partial charge in [0.2, 0.25) is 0 Å². The summed E-state index contributed by atoms with van der Waals surface area (Å²) < 4.78 is 69.1. The van der Waals surface area contributed by atoms with Crippen LogP contribution < -0.4 is 34.9 Å². The molecule has 70 valence electrons. The molecule has 0 atom stereocenters. The van der Waals surface area contributed by atoms with Gasteiger partial charge in [0.1, 0.15) is 0 Å². The second-order valence-corrected chi connectivity index (χ2v) is 1.80. The molecule has 1 nitrogen and oxygen atoms in total. The van der Waals surface area contributed by atoms with Crippen molar-refractivity contribution in [1.29, 1.82) is 0 Å². The molecule has 0 unspecified atom stereocenters. The number of halogens is 6. The third-order valence-corrected chi connectivity index (χ3v) is 0.701. The normalized spacial score (nSPS) is 12.5. The van der Waals surface area contributed by atoms with E-state index in [4.69, 9.17) is 0 Å². The predicted octanol–water partition coefficient (Wildman–Crippen LogP) is -1.18. The maximum atomic E-state index is 11.7. The molecule has 0 heterocycles. The van der Waals surface area contributed by atoms with Gasteiger partial charge in [-0.25, -0.2) is 8.78 Å². The summed E-state index contributed by atoms with van der Waals surface area (Å²) in [4.78, 5) is 0. The van der Waals surface area contributed by atoms with E-state index in [1.54, 1.807) is 0 Å². The van der Waals surface area contributed by atoms with E-state index in [-0.39, 0.29) is 36.3 Å². The number of hydrogen-bond acceptors (Lipinski definition) is 1. The first kappa shape index (κ1) is 15.0. The fourth-order valence-corrected chi connectivity index (χ4v) is 0.334. The Bertz CT molecular complexity index is 120. The van der Waals surface area contributed by atoms with Crippen LogP contribution in [0.2, 0.25) is 0 Å². The van der Waals surface area contributed by atoms with Gasteiger partial charge in [-0.1, -0.05) is 0 Å². The molecular weight excluding hydrogens is 199 g/mol. The van der Waals surface area contributed by atoms with E-state index in [2.05, 4.69) is 0 Å². The van der Waals surface area contributed by atoms with Gasteiger partial charge in [0, 0.05) is 0 Å². The Morgan fingerprint density at radius 2 is 1.17 bits per heavy atom. The minimum absolute atomic E-state index is 0. The summed E-state index contributed by atoms with van der Waals surface area (Å²) in [6.45, 7) is -4.61. The van der Waals surface area contributed by atoms with Gasteiger partial charge in [-0.3, -0.25) is 0 Å². The van der Waals surface area contributed by atoms with Crippen molar-refractivity contribution in [3.8, 4) is 0 Å². The van der Waals surface area contributed by atoms with Crippen molar-refractivity contribution in [2.75, 3.05) is 13.3 Å². The van der Waals surface area contributed by atoms with E-state index in [1.807, 2.05) is 0 Å². The van der Waals surface area contributed by atoms with E-state index in [0.717, 1.165) is 0 Å². The maximum Gasteiger partial charge on any atom is 1.00 e. The quantitative estimate of drug-likeness (QED) is 0.346. The van der Waals surface area contributed by atoms with Crippen LogP contribution in [0.3, 0.4) is 0 Å². The van der Waals surface area contributed by atoms with Crippen LogP contribution in [-0.2, 0) is 0 Å². The number of nitrogens with one attached hydrogen (secondary N) is 1. The molecule has 1 N–H and O–H groups in total. The van der Waals surface area contributed by atoms with Crippen molar-refractivity contribution < 1.29 is 57.3 Å². The molecule has 0 aliphatic carbocycles. The third kappa shape index (κ3) is 6.10. The van der Waals surface area contributed by atoms with Crippen molar-refractivity contribution in [3.05, 3.63) is 0 Å². The van der Waals surface area contributed by atoms with E-state index in [1.165, 1.54) is 0 Å². The van der Waals surface area contributed by atoms with Crippen molar-refractivity contribution in [2.45, 2.75) is 12.1 Å². The predicted molar refractivity (Wildman–Crippen MR) is 26.1 cm³/mol. The van der Waals surface area contributed by atoms with Crippen LogP contribution in [0.25, 0.3) is 0 Å². The van der Waals surface area contributed by atoms with Crippen LogP contribution in [0, 0.1) is 0 Å². The Kier molecular flexibility index (Phi) is 6.65. The Balaban J connectivity index is -0.000000500. The topological polar surface area (TPSA) is 12.0 Å². The minimum Gasteiger partial charge on any atom is -1.00 e. The fraction of sp³-hybridized carbons (Fsp3) is 1.00. The van der Waals surface area contributed by atoms with Crippen molar-refractivity contribution >= 4 is 0 Å². The van der Waals surface area contributed by atoms with Gasteiger partial charge in [-0.15, -0.1) is 0 Å². The molecule has 0 spiro atoms. The molecule has 0 aliphatic heterocycles. The average molecular weight is 205 g/mol. The van der Waals surface area contributed by atoms with Gasteiger partial charge in [-0.2, -0.15) is 22.9 Å². The Morgan fingerprint density at radius 3 is 1.33 bits per heavy atom. The van der Waals surface area contributed by atoms with Gasteiger partial charge in [-0.05, 0) is 0 Å². The Morgan fingerprint density at radius 1 is 0.917 bits per heavy atom. The molecule has 0 amide bonds. The first-order valence-electron chi connectivity index (χ1n) is 2.50. The second-order valence-electron chi connectivity index (χ2n) is 1.80. The summed E-state index contributed by atoms with van der Waals surface area (Å²) in [7, 11) is 0. The zero-order valence-corrected chi connectivity index (χ0v) is 8.18. The van der Waals surface area contributed by atoms with Crippen LogP contribution >= 0.6 is 0 Å². The van der Waals surface area contributed by atoms with E-state index < -0.39 is 25.4 Å². The molecule has 0 rings (SSSR count). The van der Waals surface area contributed by atoms with Crippen LogP contribution in [0.5, 0.6) is 0 Å². The summed E-state index contributed by atoms with van der Waals surface area (Å²) in [5.41, 5.74) is 0.